The van der Waals surface area contributed by atoms with Crippen LogP contribution in [-0.2, 0) is 12.7 Å². The number of aromatic nitrogens is 4. The minimum Gasteiger partial charge on any atom is -0.345 e. The number of carbonyl (C=O) groups excluding carboxylic acids is 1. The minimum absolute atomic E-state index is 0.0341. The topological polar surface area (TPSA) is 72.2 Å². The van der Waals surface area contributed by atoms with Crippen LogP contribution in [0, 0.1) is 0 Å². The SMILES string of the molecule is O=C(NCc1nnc2ccccn12)c1ccc(C(F)(F)F)nc1. The van der Waals surface area contributed by atoms with E-state index in [9.17, 15) is 18.0 Å². The molecule has 0 spiro atoms. The number of nitrogens with zero attached hydrogens (tertiary/aromatic N) is 4. The molecule has 0 aliphatic heterocycles. The fourth-order valence-electron chi connectivity index (χ4n) is 1.97. The zero-order chi connectivity index (χ0) is 16.4. The van der Waals surface area contributed by atoms with Gasteiger partial charge >= 0.3 is 6.18 Å². The maximum absolute atomic E-state index is 12.4. The molecule has 9 heteroatoms. The molecule has 0 fully saturated rings. The molecule has 0 saturated heterocycles. The average molecular weight is 321 g/mol. The summed E-state index contributed by atoms with van der Waals surface area (Å²) in [5.41, 5.74) is -0.378. The Hall–Kier alpha value is -2.97. The van der Waals surface area contributed by atoms with Crippen molar-refractivity contribution in [2.75, 3.05) is 0 Å². The van der Waals surface area contributed by atoms with Crippen molar-refractivity contribution in [3.63, 3.8) is 0 Å². The second-order valence-corrected chi connectivity index (χ2v) is 4.66. The van der Waals surface area contributed by atoms with Gasteiger partial charge in [-0.2, -0.15) is 13.2 Å². The summed E-state index contributed by atoms with van der Waals surface area (Å²) < 4.78 is 39.0. The number of alkyl halides is 3. The van der Waals surface area contributed by atoms with E-state index in [-0.39, 0.29) is 12.1 Å². The smallest absolute Gasteiger partial charge is 0.345 e. The Labute approximate surface area is 128 Å². The lowest BCUT2D eigenvalue weighted by Gasteiger charge is -2.07. The van der Waals surface area contributed by atoms with Gasteiger partial charge in [0.15, 0.2) is 11.5 Å². The Balaban J connectivity index is 1.70. The van der Waals surface area contributed by atoms with E-state index in [0.717, 1.165) is 18.3 Å². The lowest BCUT2D eigenvalue weighted by molar-refractivity contribution is -0.141. The second kappa shape index (κ2) is 5.67. The first-order valence-corrected chi connectivity index (χ1v) is 6.55. The van der Waals surface area contributed by atoms with Crippen LogP contribution in [-0.4, -0.2) is 25.5 Å². The van der Waals surface area contributed by atoms with Crippen molar-refractivity contribution in [3.8, 4) is 0 Å². The molecule has 0 unspecified atom stereocenters. The summed E-state index contributed by atoms with van der Waals surface area (Å²) in [6, 6.07) is 7.20. The largest absolute Gasteiger partial charge is 0.433 e. The summed E-state index contributed by atoms with van der Waals surface area (Å²) in [6.07, 6.45) is -1.90. The fraction of sp³-hybridized carbons (Fsp3) is 0.143. The molecule has 0 atom stereocenters. The van der Waals surface area contributed by atoms with Gasteiger partial charge in [-0.1, -0.05) is 6.07 Å². The van der Waals surface area contributed by atoms with E-state index in [1.807, 2.05) is 0 Å². The summed E-state index contributed by atoms with van der Waals surface area (Å²) in [6.45, 7) is 0.0883. The number of rotatable bonds is 3. The summed E-state index contributed by atoms with van der Waals surface area (Å²) in [5.74, 6) is -0.0345. The van der Waals surface area contributed by atoms with Gasteiger partial charge < -0.3 is 5.32 Å². The lowest BCUT2D eigenvalue weighted by Crippen LogP contribution is -2.24. The highest BCUT2D eigenvalue weighted by Crippen LogP contribution is 2.27. The Morgan fingerprint density at radius 2 is 2.00 bits per heavy atom. The lowest BCUT2D eigenvalue weighted by atomic mass is 10.2. The van der Waals surface area contributed by atoms with E-state index in [1.54, 1.807) is 28.8 Å². The first-order chi connectivity index (χ1) is 10.9. The van der Waals surface area contributed by atoms with Crippen LogP contribution in [0.5, 0.6) is 0 Å². The van der Waals surface area contributed by atoms with E-state index in [1.165, 1.54) is 0 Å². The van der Waals surface area contributed by atoms with Crippen LogP contribution in [0.4, 0.5) is 13.2 Å². The monoisotopic (exact) mass is 321 g/mol. The number of fused-ring (bicyclic) bond motifs is 1. The zero-order valence-corrected chi connectivity index (χ0v) is 11.6. The molecule has 3 aromatic heterocycles. The predicted octanol–water partition coefficient (Wildman–Crippen LogP) is 2.07. The summed E-state index contributed by atoms with van der Waals surface area (Å²) in [5, 5.41) is 10.4. The highest BCUT2D eigenvalue weighted by molar-refractivity contribution is 5.93. The van der Waals surface area contributed by atoms with Crippen molar-refractivity contribution >= 4 is 11.6 Å². The van der Waals surface area contributed by atoms with Gasteiger partial charge in [0.2, 0.25) is 0 Å². The maximum atomic E-state index is 12.4. The van der Waals surface area contributed by atoms with Crippen LogP contribution in [0.3, 0.4) is 0 Å². The van der Waals surface area contributed by atoms with Gasteiger partial charge in [0.1, 0.15) is 5.69 Å². The molecule has 0 saturated carbocycles. The van der Waals surface area contributed by atoms with E-state index in [2.05, 4.69) is 20.5 Å². The number of pyridine rings is 2. The van der Waals surface area contributed by atoms with Gasteiger partial charge in [-0.25, -0.2) is 0 Å². The van der Waals surface area contributed by atoms with Gasteiger partial charge in [-0.3, -0.25) is 14.2 Å². The Morgan fingerprint density at radius 1 is 1.17 bits per heavy atom. The second-order valence-electron chi connectivity index (χ2n) is 4.66. The van der Waals surface area contributed by atoms with Crippen LogP contribution in [0.25, 0.3) is 5.65 Å². The first-order valence-electron chi connectivity index (χ1n) is 6.55. The molecule has 3 rings (SSSR count). The van der Waals surface area contributed by atoms with E-state index in [0.29, 0.717) is 11.5 Å². The van der Waals surface area contributed by atoms with Crippen molar-refractivity contribution in [2.24, 2.45) is 0 Å². The standard InChI is InChI=1S/C14H10F3N5O/c15-14(16,17)10-5-4-9(7-18-10)13(23)19-8-12-21-20-11-3-1-2-6-22(11)12/h1-7H,8H2,(H,19,23). The number of hydrogen-bond acceptors (Lipinski definition) is 4. The van der Waals surface area contributed by atoms with E-state index in [4.69, 9.17) is 0 Å². The normalized spacial score (nSPS) is 11.6. The predicted molar refractivity (Wildman–Crippen MR) is 73.4 cm³/mol. The molecule has 3 heterocycles. The summed E-state index contributed by atoms with van der Waals surface area (Å²) in [4.78, 5) is 15.2. The Morgan fingerprint density at radius 3 is 2.70 bits per heavy atom. The van der Waals surface area contributed by atoms with Crippen LogP contribution >= 0.6 is 0 Å². The van der Waals surface area contributed by atoms with E-state index >= 15 is 0 Å². The number of halogens is 3. The van der Waals surface area contributed by atoms with Crippen LogP contribution in [0.2, 0.25) is 0 Å². The van der Waals surface area contributed by atoms with E-state index < -0.39 is 17.8 Å². The molecule has 1 N–H and O–H groups in total. The van der Waals surface area contributed by atoms with Gasteiger partial charge in [-0.05, 0) is 24.3 Å². The maximum Gasteiger partial charge on any atom is 0.433 e. The minimum atomic E-state index is -4.53. The highest BCUT2D eigenvalue weighted by Gasteiger charge is 2.32. The van der Waals surface area contributed by atoms with Crippen molar-refractivity contribution in [1.29, 1.82) is 0 Å². The Bertz CT molecular complexity index is 841. The average Bonchev–Trinajstić information content (AvgIpc) is 2.95. The molecule has 0 radical (unpaired) electrons. The van der Waals surface area contributed by atoms with Crippen LogP contribution in [0.1, 0.15) is 21.9 Å². The third-order valence-electron chi connectivity index (χ3n) is 3.11. The van der Waals surface area contributed by atoms with Gasteiger partial charge in [-0.15, -0.1) is 10.2 Å². The van der Waals surface area contributed by atoms with Gasteiger partial charge in [0.25, 0.3) is 5.91 Å². The van der Waals surface area contributed by atoms with Crippen molar-refractivity contribution in [1.82, 2.24) is 24.9 Å². The molecule has 118 valence electrons. The van der Waals surface area contributed by atoms with Crippen molar-refractivity contribution < 1.29 is 18.0 Å². The molecule has 23 heavy (non-hydrogen) atoms. The molecule has 1 amide bonds. The summed E-state index contributed by atoms with van der Waals surface area (Å²) >= 11 is 0. The molecule has 0 bridgehead atoms. The van der Waals surface area contributed by atoms with Crippen LogP contribution < -0.4 is 5.32 Å². The molecule has 3 aromatic rings. The zero-order valence-electron chi connectivity index (χ0n) is 11.6. The van der Waals surface area contributed by atoms with Gasteiger partial charge in [0.05, 0.1) is 12.1 Å². The quantitative estimate of drug-likeness (QED) is 0.801. The summed E-state index contributed by atoms with van der Waals surface area (Å²) in [7, 11) is 0. The third kappa shape index (κ3) is 3.12. The molecule has 0 aliphatic rings. The first kappa shape index (κ1) is 14.9. The molecule has 6 nitrogen and oxygen atoms in total. The number of nitrogens with one attached hydrogen (secondary N) is 1. The molecular weight excluding hydrogens is 311 g/mol. The van der Waals surface area contributed by atoms with Crippen molar-refractivity contribution in [3.05, 3.63) is 59.8 Å². The number of hydrogen-bond donors (Lipinski definition) is 1. The van der Waals surface area contributed by atoms with Crippen molar-refractivity contribution in [2.45, 2.75) is 12.7 Å². The number of carbonyl (C=O) groups is 1. The molecule has 0 aromatic carbocycles. The third-order valence-corrected chi connectivity index (χ3v) is 3.11. The molecule has 0 aliphatic carbocycles. The molecular formula is C14H10F3N5O. The fourth-order valence-corrected chi connectivity index (χ4v) is 1.97. The number of amides is 1. The Kier molecular flexibility index (Phi) is 3.68. The van der Waals surface area contributed by atoms with Gasteiger partial charge in [0, 0.05) is 12.4 Å². The highest BCUT2D eigenvalue weighted by atomic mass is 19.4. The van der Waals surface area contributed by atoms with Crippen LogP contribution in [0.15, 0.2) is 42.7 Å².